The molecule has 0 aromatic carbocycles. The number of allylic oxidation sites excluding steroid dienone is 1. The van der Waals surface area contributed by atoms with E-state index in [4.69, 9.17) is 4.74 Å². The molecule has 0 heterocycles. The van der Waals surface area contributed by atoms with Crippen molar-refractivity contribution in [2.45, 2.75) is 156 Å². The third-order valence-corrected chi connectivity index (χ3v) is 13.8. The monoisotopic (exact) mass is 631 g/mol. The maximum Gasteiger partial charge on any atom is 0.361 e. The number of esters is 1. The molecule has 0 aromatic rings. The molecule has 260 valence electrons. The van der Waals surface area contributed by atoms with E-state index in [0.29, 0.717) is 17.4 Å². The Morgan fingerprint density at radius 2 is 1.58 bits per heavy atom. The van der Waals surface area contributed by atoms with E-state index in [0.717, 1.165) is 80.9 Å². The van der Waals surface area contributed by atoms with Crippen molar-refractivity contribution in [3.05, 3.63) is 11.6 Å². The first kappa shape index (κ1) is 36.9. The van der Waals surface area contributed by atoms with Gasteiger partial charge >= 0.3 is 5.97 Å². The van der Waals surface area contributed by atoms with E-state index >= 15 is 0 Å². The largest absolute Gasteiger partial charge is 0.458 e. The van der Waals surface area contributed by atoms with Gasteiger partial charge in [0.1, 0.15) is 6.10 Å². The van der Waals surface area contributed by atoms with Crippen molar-refractivity contribution in [3.8, 4) is 0 Å². The van der Waals surface area contributed by atoms with Crippen molar-refractivity contribution in [1.82, 2.24) is 0 Å². The molecular formula is C40H76N3O2+3. The van der Waals surface area contributed by atoms with Gasteiger partial charge < -0.3 is 21.1 Å². The predicted molar refractivity (Wildman–Crippen MR) is 186 cm³/mol. The second-order valence-electron chi connectivity index (χ2n) is 17.3. The van der Waals surface area contributed by atoms with E-state index in [2.05, 4.69) is 52.2 Å². The molecule has 5 nitrogen and oxygen atoms in total. The minimum absolute atomic E-state index is 0.0281. The molecule has 0 radical (unpaired) electrons. The smallest absolute Gasteiger partial charge is 0.361 e. The van der Waals surface area contributed by atoms with Crippen LogP contribution in [0.3, 0.4) is 0 Å². The third kappa shape index (κ3) is 9.38. The summed E-state index contributed by atoms with van der Waals surface area (Å²) >= 11 is 0. The third-order valence-electron chi connectivity index (χ3n) is 13.8. The molecule has 45 heavy (non-hydrogen) atoms. The molecule has 0 bridgehead atoms. The fourth-order valence-electron chi connectivity index (χ4n) is 11.1. The minimum Gasteiger partial charge on any atom is -0.458 e. The van der Waals surface area contributed by atoms with Crippen LogP contribution in [0.25, 0.3) is 0 Å². The lowest BCUT2D eigenvalue weighted by Crippen LogP contribution is -3.13. The molecule has 4 rings (SSSR count). The predicted octanol–water partition coefficient (Wildman–Crippen LogP) is 6.04. The minimum atomic E-state index is 0.0281. The molecule has 4 aliphatic rings. The first-order chi connectivity index (χ1) is 21.6. The molecule has 0 aromatic heterocycles. The van der Waals surface area contributed by atoms with Crippen molar-refractivity contribution in [1.29, 1.82) is 0 Å². The second-order valence-corrected chi connectivity index (χ2v) is 17.3. The lowest BCUT2D eigenvalue weighted by molar-refractivity contribution is -0.893. The average molecular weight is 631 g/mol. The number of hydrogen-bond donors (Lipinski definition) is 3. The maximum atomic E-state index is 13.2. The number of carbonyl (C=O) groups is 1. The lowest BCUT2D eigenvalue weighted by atomic mass is 9.47. The molecule has 0 amide bonds. The van der Waals surface area contributed by atoms with Gasteiger partial charge in [0, 0.05) is 12.8 Å². The number of unbranched alkanes of at least 4 members (excludes halogenated alkanes) is 5. The van der Waals surface area contributed by atoms with Crippen LogP contribution in [0.5, 0.6) is 0 Å². The van der Waals surface area contributed by atoms with Crippen LogP contribution in [0.2, 0.25) is 0 Å². The molecule has 3 fully saturated rings. The van der Waals surface area contributed by atoms with E-state index in [1.54, 1.807) is 5.57 Å². The molecule has 3 saturated carbocycles. The van der Waals surface area contributed by atoms with Gasteiger partial charge in [-0.15, -0.1) is 0 Å². The first-order valence-corrected chi connectivity index (χ1v) is 19.9. The van der Waals surface area contributed by atoms with Gasteiger partial charge in [-0.2, -0.15) is 0 Å². The normalized spacial score (nSPS) is 34.0. The van der Waals surface area contributed by atoms with Crippen LogP contribution in [-0.2, 0) is 9.53 Å². The summed E-state index contributed by atoms with van der Waals surface area (Å²) in [5, 5.41) is 0. The lowest BCUT2D eigenvalue weighted by Gasteiger charge is -2.58. The highest BCUT2D eigenvalue weighted by atomic mass is 16.5. The van der Waals surface area contributed by atoms with Gasteiger partial charge in [-0.25, -0.2) is 4.79 Å². The average Bonchev–Trinajstić information content (AvgIpc) is 3.36. The van der Waals surface area contributed by atoms with E-state index in [-0.39, 0.29) is 12.1 Å². The summed E-state index contributed by atoms with van der Waals surface area (Å²) in [7, 11) is 0. The SMILES string of the molecule is CC(C)CCC[C@@H](C)[C@H]1CC[C@H]2[C@@H]3CC=C4C[C@@H](OC(=O)C[NH+](CCC[NH3+])CCCCCCCC[NH3+])CC[C@]4(C)[C@H]3CC[C@]12C. The zero-order chi connectivity index (χ0) is 32.5. The summed E-state index contributed by atoms with van der Waals surface area (Å²) in [6.45, 7) is 17.3. The number of hydrogen-bond acceptors (Lipinski definition) is 2. The Balaban J connectivity index is 1.28. The van der Waals surface area contributed by atoms with Gasteiger partial charge in [-0.1, -0.05) is 78.4 Å². The van der Waals surface area contributed by atoms with Gasteiger partial charge in [-0.3, -0.25) is 0 Å². The Morgan fingerprint density at radius 1 is 0.867 bits per heavy atom. The summed E-state index contributed by atoms with van der Waals surface area (Å²) < 4.78 is 6.25. The quantitative estimate of drug-likeness (QED) is 0.0924. The van der Waals surface area contributed by atoms with Crippen molar-refractivity contribution in [2.24, 2.45) is 46.3 Å². The topological polar surface area (TPSA) is 86.0 Å². The number of fused-ring (bicyclic) bond motifs is 5. The Morgan fingerprint density at radius 3 is 2.31 bits per heavy atom. The highest BCUT2D eigenvalue weighted by Gasteiger charge is 2.59. The molecule has 9 atom stereocenters. The van der Waals surface area contributed by atoms with Gasteiger partial charge in [0.05, 0.1) is 26.2 Å². The summed E-state index contributed by atoms with van der Waals surface area (Å²) in [6.07, 6.45) is 25.9. The molecule has 5 heteroatoms. The van der Waals surface area contributed by atoms with Crippen LogP contribution in [0.4, 0.5) is 0 Å². The molecular weight excluding hydrogens is 554 g/mol. The Bertz CT molecular complexity index is 935. The van der Waals surface area contributed by atoms with E-state index in [1.807, 2.05) is 0 Å². The van der Waals surface area contributed by atoms with Crippen LogP contribution in [0.1, 0.15) is 150 Å². The van der Waals surface area contributed by atoms with Gasteiger partial charge in [0.25, 0.3) is 0 Å². The van der Waals surface area contributed by atoms with Gasteiger partial charge in [-0.05, 0) is 117 Å². The fraction of sp³-hybridized carbons (Fsp3) is 0.925. The van der Waals surface area contributed by atoms with Crippen LogP contribution in [0, 0.1) is 46.3 Å². The van der Waals surface area contributed by atoms with Crippen molar-refractivity contribution in [3.63, 3.8) is 0 Å². The van der Waals surface area contributed by atoms with Crippen LogP contribution < -0.4 is 16.4 Å². The van der Waals surface area contributed by atoms with Crippen molar-refractivity contribution >= 4 is 5.97 Å². The van der Waals surface area contributed by atoms with E-state index in [1.165, 1.54) is 101 Å². The molecule has 0 saturated heterocycles. The molecule has 0 spiro atoms. The first-order valence-electron chi connectivity index (χ1n) is 19.9. The summed E-state index contributed by atoms with van der Waals surface area (Å²) in [5.74, 6) is 5.24. The number of nitrogens with one attached hydrogen (secondary N) is 1. The number of quaternary nitrogens is 3. The van der Waals surface area contributed by atoms with Crippen LogP contribution in [0.15, 0.2) is 11.6 Å². The maximum absolute atomic E-state index is 13.2. The molecule has 7 N–H and O–H groups in total. The summed E-state index contributed by atoms with van der Waals surface area (Å²) in [6, 6.07) is 0. The standard InChI is InChI=1S/C40H73N3O2/c1-30(2)14-12-15-31(3)35-18-19-36-34-17-16-32-28-33(20-22-39(32,4)37(34)21-23-40(35,36)5)45-38(44)29-43(27-13-25-42)26-11-9-7-6-8-10-24-41/h16,30-31,33-37H,6-15,17-29,41-42H2,1-5H3/p+3/t31-,33+,34+,35-,36+,37+,39+,40-/m1/s1. The zero-order valence-corrected chi connectivity index (χ0v) is 30.6. The van der Waals surface area contributed by atoms with Crippen LogP contribution >= 0.6 is 0 Å². The molecule has 1 unspecified atom stereocenters. The van der Waals surface area contributed by atoms with E-state index < -0.39 is 0 Å². The van der Waals surface area contributed by atoms with Crippen LogP contribution in [-0.4, -0.2) is 44.8 Å². The van der Waals surface area contributed by atoms with Crippen molar-refractivity contribution < 1.29 is 25.9 Å². The summed E-state index contributed by atoms with van der Waals surface area (Å²) in [5.41, 5.74) is 10.5. The fourth-order valence-corrected chi connectivity index (χ4v) is 11.1. The number of ether oxygens (including phenoxy) is 1. The summed E-state index contributed by atoms with van der Waals surface area (Å²) in [4.78, 5) is 14.6. The molecule has 4 aliphatic carbocycles. The Hall–Kier alpha value is -0.910. The number of rotatable bonds is 19. The Labute approximate surface area is 278 Å². The van der Waals surface area contributed by atoms with E-state index in [9.17, 15) is 4.79 Å². The van der Waals surface area contributed by atoms with Gasteiger partial charge in [0.2, 0.25) is 0 Å². The number of carbonyl (C=O) groups excluding carboxylic acids is 1. The van der Waals surface area contributed by atoms with Crippen molar-refractivity contribution in [2.75, 3.05) is 32.7 Å². The zero-order valence-electron chi connectivity index (χ0n) is 30.6. The highest BCUT2D eigenvalue weighted by molar-refractivity contribution is 5.70. The molecule has 0 aliphatic heterocycles. The Kier molecular flexibility index (Phi) is 14.3. The highest BCUT2D eigenvalue weighted by Crippen LogP contribution is 2.67. The van der Waals surface area contributed by atoms with Gasteiger partial charge in [0.15, 0.2) is 6.54 Å². The second kappa shape index (κ2) is 17.5.